The SMILES string of the molecule is Cc1cnc(C)n1CCNC(=O)C1CN(C(=O)OC(C)(C)C)CCN1C(=O)OCc1ccccc1. The third-order valence-corrected chi connectivity index (χ3v) is 5.66. The van der Waals surface area contributed by atoms with Gasteiger partial charge in [-0.15, -0.1) is 0 Å². The van der Waals surface area contributed by atoms with Crippen LogP contribution in [0.25, 0.3) is 0 Å². The monoisotopic (exact) mass is 485 g/mol. The number of hydrogen-bond acceptors (Lipinski definition) is 6. The van der Waals surface area contributed by atoms with E-state index in [4.69, 9.17) is 9.47 Å². The van der Waals surface area contributed by atoms with Gasteiger partial charge >= 0.3 is 12.2 Å². The number of aryl methyl sites for hydroxylation is 2. The standard InChI is InChI=1S/C25H35N5O5/c1-18-15-27-19(2)29(18)12-11-26-22(31)21-16-28(23(32)35-25(3,4)5)13-14-30(21)24(33)34-17-20-9-7-6-8-10-20/h6-10,15,21H,11-14,16-17H2,1-5H3,(H,26,31). The third-order valence-electron chi connectivity index (χ3n) is 5.66. The summed E-state index contributed by atoms with van der Waals surface area (Å²) >= 11 is 0. The molecule has 0 bridgehead atoms. The van der Waals surface area contributed by atoms with Crippen LogP contribution >= 0.6 is 0 Å². The van der Waals surface area contributed by atoms with Crippen LogP contribution in [0.2, 0.25) is 0 Å². The molecule has 1 N–H and O–H groups in total. The lowest BCUT2D eigenvalue weighted by atomic mass is 10.1. The second-order valence-corrected chi connectivity index (χ2v) is 9.57. The zero-order chi connectivity index (χ0) is 25.6. The number of carbonyl (C=O) groups excluding carboxylic acids is 3. The third kappa shape index (κ3) is 7.21. The summed E-state index contributed by atoms with van der Waals surface area (Å²) in [5, 5.41) is 2.90. The maximum absolute atomic E-state index is 13.2. The van der Waals surface area contributed by atoms with Crippen LogP contribution in [0.5, 0.6) is 0 Å². The first-order chi connectivity index (χ1) is 16.5. The van der Waals surface area contributed by atoms with Crippen molar-refractivity contribution in [3.05, 3.63) is 53.6 Å². The summed E-state index contributed by atoms with van der Waals surface area (Å²) in [6.07, 6.45) is 0.665. The Hall–Kier alpha value is -3.56. The lowest BCUT2D eigenvalue weighted by molar-refractivity contribution is -0.128. The fraction of sp³-hybridized carbons (Fsp3) is 0.520. The second kappa shape index (κ2) is 11.2. The van der Waals surface area contributed by atoms with E-state index in [9.17, 15) is 14.4 Å². The molecule has 2 heterocycles. The summed E-state index contributed by atoms with van der Waals surface area (Å²) in [7, 11) is 0. The Labute approximate surface area is 206 Å². The van der Waals surface area contributed by atoms with E-state index < -0.39 is 23.8 Å². The zero-order valence-corrected chi connectivity index (χ0v) is 21.1. The molecule has 1 aliphatic rings. The molecule has 0 radical (unpaired) electrons. The minimum Gasteiger partial charge on any atom is -0.445 e. The molecule has 1 aromatic carbocycles. The average molecular weight is 486 g/mol. The van der Waals surface area contributed by atoms with Crippen molar-refractivity contribution in [2.45, 2.75) is 59.4 Å². The predicted octanol–water partition coefficient (Wildman–Crippen LogP) is 2.87. The van der Waals surface area contributed by atoms with Gasteiger partial charge in [0.2, 0.25) is 5.91 Å². The number of piperazine rings is 1. The lowest BCUT2D eigenvalue weighted by Crippen LogP contribution is -2.62. The number of carbonyl (C=O) groups is 3. The van der Waals surface area contributed by atoms with Crippen LogP contribution in [0, 0.1) is 13.8 Å². The number of aromatic nitrogens is 2. The van der Waals surface area contributed by atoms with E-state index in [0.29, 0.717) is 13.1 Å². The molecule has 0 spiro atoms. The predicted molar refractivity (Wildman–Crippen MR) is 130 cm³/mol. The minimum absolute atomic E-state index is 0.0182. The van der Waals surface area contributed by atoms with E-state index in [-0.39, 0.29) is 32.1 Å². The molecule has 1 unspecified atom stereocenters. The first-order valence-corrected chi connectivity index (χ1v) is 11.8. The van der Waals surface area contributed by atoms with E-state index in [1.54, 1.807) is 27.0 Å². The van der Waals surface area contributed by atoms with Gasteiger partial charge < -0.3 is 24.3 Å². The van der Waals surface area contributed by atoms with Gasteiger partial charge in [-0.25, -0.2) is 14.6 Å². The van der Waals surface area contributed by atoms with Gasteiger partial charge in [0.15, 0.2) is 0 Å². The highest BCUT2D eigenvalue weighted by molar-refractivity contribution is 5.87. The van der Waals surface area contributed by atoms with E-state index in [1.807, 2.05) is 48.7 Å². The van der Waals surface area contributed by atoms with Gasteiger partial charge in [-0.05, 0) is 40.2 Å². The molecule has 3 rings (SSSR count). The van der Waals surface area contributed by atoms with Gasteiger partial charge in [-0.3, -0.25) is 9.69 Å². The number of nitrogens with zero attached hydrogens (tertiary/aromatic N) is 4. The van der Waals surface area contributed by atoms with Crippen LogP contribution in [0.4, 0.5) is 9.59 Å². The molecule has 2 aromatic rings. The Kier molecular flexibility index (Phi) is 8.37. The summed E-state index contributed by atoms with van der Waals surface area (Å²) in [4.78, 5) is 45.8. The molecule has 3 amide bonds. The Bertz CT molecular complexity index is 1010. The van der Waals surface area contributed by atoms with Crippen molar-refractivity contribution < 1.29 is 23.9 Å². The van der Waals surface area contributed by atoms with E-state index in [2.05, 4.69) is 10.3 Å². The summed E-state index contributed by atoms with van der Waals surface area (Å²) in [6.45, 7) is 10.6. The molecule has 0 saturated carbocycles. The zero-order valence-electron chi connectivity index (χ0n) is 21.1. The van der Waals surface area contributed by atoms with Crippen LogP contribution in [0.15, 0.2) is 36.5 Å². The normalized spacial score (nSPS) is 16.1. The fourth-order valence-corrected chi connectivity index (χ4v) is 3.85. The Morgan fingerprint density at radius 2 is 1.80 bits per heavy atom. The van der Waals surface area contributed by atoms with Crippen molar-refractivity contribution in [3.63, 3.8) is 0 Å². The highest BCUT2D eigenvalue weighted by Crippen LogP contribution is 2.17. The molecule has 10 nitrogen and oxygen atoms in total. The molecule has 1 aromatic heterocycles. The summed E-state index contributed by atoms with van der Waals surface area (Å²) in [5.74, 6) is 0.502. The number of hydrogen-bond donors (Lipinski definition) is 1. The molecular formula is C25H35N5O5. The summed E-state index contributed by atoms with van der Waals surface area (Å²) in [5.41, 5.74) is 1.18. The van der Waals surface area contributed by atoms with Crippen LogP contribution < -0.4 is 5.32 Å². The van der Waals surface area contributed by atoms with E-state index in [1.165, 1.54) is 9.80 Å². The largest absolute Gasteiger partial charge is 0.445 e. The minimum atomic E-state index is -0.899. The number of benzene rings is 1. The van der Waals surface area contributed by atoms with Crippen molar-refractivity contribution in [3.8, 4) is 0 Å². The van der Waals surface area contributed by atoms with Crippen molar-refractivity contribution in [1.29, 1.82) is 0 Å². The number of amides is 3. The molecule has 35 heavy (non-hydrogen) atoms. The number of imidazole rings is 1. The molecular weight excluding hydrogens is 450 g/mol. The molecule has 0 aliphatic carbocycles. The highest BCUT2D eigenvalue weighted by Gasteiger charge is 2.39. The molecule has 1 aliphatic heterocycles. The Morgan fingerprint density at radius 1 is 1.09 bits per heavy atom. The number of ether oxygens (including phenoxy) is 2. The smallest absolute Gasteiger partial charge is 0.410 e. The number of nitrogens with one attached hydrogen (secondary N) is 1. The molecule has 10 heteroatoms. The molecule has 1 fully saturated rings. The van der Waals surface area contributed by atoms with Crippen molar-refractivity contribution >= 4 is 18.1 Å². The van der Waals surface area contributed by atoms with Gasteiger partial charge in [0, 0.05) is 38.1 Å². The van der Waals surface area contributed by atoms with Crippen LogP contribution in [0.1, 0.15) is 37.9 Å². The first kappa shape index (κ1) is 26.1. The highest BCUT2D eigenvalue weighted by atomic mass is 16.6. The molecule has 1 atom stereocenters. The van der Waals surface area contributed by atoms with Crippen molar-refractivity contribution in [1.82, 2.24) is 24.7 Å². The van der Waals surface area contributed by atoms with Gasteiger partial charge in [0.1, 0.15) is 24.1 Å². The lowest BCUT2D eigenvalue weighted by Gasteiger charge is -2.40. The Balaban J connectivity index is 1.67. The van der Waals surface area contributed by atoms with Crippen LogP contribution in [-0.4, -0.2) is 75.3 Å². The van der Waals surface area contributed by atoms with E-state index in [0.717, 1.165) is 17.1 Å². The molecule has 190 valence electrons. The fourth-order valence-electron chi connectivity index (χ4n) is 3.85. The topological polar surface area (TPSA) is 106 Å². The Morgan fingerprint density at radius 3 is 2.43 bits per heavy atom. The quantitative estimate of drug-likeness (QED) is 0.675. The van der Waals surface area contributed by atoms with Gasteiger partial charge in [-0.2, -0.15) is 0 Å². The maximum Gasteiger partial charge on any atom is 0.410 e. The summed E-state index contributed by atoms with van der Waals surface area (Å²) < 4.78 is 13.0. The van der Waals surface area contributed by atoms with Crippen LogP contribution in [-0.2, 0) is 27.4 Å². The van der Waals surface area contributed by atoms with Gasteiger partial charge in [-0.1, -0.05) is 30.3 Å². The maximum atomic E-state index is 13.2. The van der Waals surface area contributed by atoms with E-state index >= 15 is 0 Å². The average Bonchev–Trinajstić information content (AvgIpc) is 3.13. The van der Waals surface area contributed by atoms with Crippen molar-refractivity contribution in [2.24, 2.45) is 0 Å². The number of rotatable bonds is 6. The van der Waals surface area contributed by atoms with Gasteiger partial charge in [0.05, 0.1) is 6.54 Å². The molecule has 1 saturated heterocycles. The summed E-state index contributed by atoms with van der Waals surface area (Å²) in [6, 6.07) is 8.43. The first-order valence-electron chi connectivity index (χ1n) is 11.8. The van der Waals surface area contributed by atoms with Crippen molar-refractivity contribution in [2.75, 3.05) is 26.2 Å². The van der Waals surface area contributed by atoms with Crippen LogP contribution in [0.3, 0.4) is 0 Å². The second-order valence-electron chi connectivity index (χ2n) is 9.57. The van der Waals surface area contributed by atoms with Gasteiger partial charge in [0.25, 0.3) is 0 Å².